The van der Waals surface area contributed by atoms with E-state index in [1.807, 2.05) is 22.7 Å². The Bertz CT molecular complexity index is 408. The molecule has 0 aromatic rings. The molecule has 0 aromatic heterocycles. The normalized spacial score (nSPS) is 41.7. The summed E-state index contributed by atoms with van der Waals surface area (Å²) in [6, 6.07) is -0.154. The number of aliphatic hydroxyl groups is 1. The number of hydroxylamine groups is 2. The maximum absolute atomic E-state index is 10.2. The molecule has 8 nitrogen and oxygen atoms in total. The molecule has 0 aromatic carbocycles. The molecule has 2 saturated heterocycles. The third-order valence-electron chi connectivity index (χ3n) is 5.12. The van der Waals surface area contributed by atoms with Crippen LogP contribution in [-0.4, -0.2) is 117 Å². The van der Waals surface area contributed by atoms with Crippen LogP contribution in [0.1, 0.15) is 0 Å². The van der Waals surface area contributed by atoms with Crippen molar-refractivity contribution in [1.82, 2.24) is 5.06 Å². The van der Waals surface area contributed by atoms with Crippen LogP contribution in [0.15, 0.2) is 0 Å². The Hall–Kier alpha value is -0.190. The number of hydrogen-bond acceptors (Lipinski definition) is 8. The van der Waals surface area contributed by atoms with E-state index in [1.54, 1.807) is 26.4 Å². The van der Waals surface area contributed by atoms with Crippen molar-refractivity contribution < 1.29 is 33.6 Å². The molecule has 0 aliphatic carbocycles. The van der Waals surface area contributed by atoms with E-state index in [0.29, 0.717) is 13.2 Å². The summed E-state index contributed by atoms with van der Waals surface area (Å²) >= 11 is 0. The first-order valence-electron chi connectivity index (χ1n) is 8.80. The molecule has 25 heavy (non-hydrogen) atoms. The van der Waals surface area contributed by atoms with Crippen molar-refractivity contribution in [2.75, 3.05) is 48.1 Å². The average Bonchev–Trinajstić information content (AvgIpc) is 3.01. The summed E-state index contributed by atoms with van der Waals surface area (Å²) in [5.41, 5.74) is 0. The topological polar surface area (TPSA) is 78.9 Å². The first-order valence-corrected chi connectivity index (χ1v) is 8.80. The Balaban J connectivity index is 1.85. The average molecular weight is 359 g/mol. The summed E-state index contributed by atoms with van der Waals surface area (Å²) < 4.78 is 27.8. The summed E-state index contributed by atoms with van der Waals surface area (Å²) in [6.07, 6.45) is -1.49. The highest BCUT2D eigenvalue weighted by Gasteiger charge is 2.44. The lowest BCUT2D eigenvalue weighted by atomic mass is 9.87. The van der Waals surface area contributed by atoms with Gasteiger partial charge in [0.25, 0.3) is 0 Å². The van der Waals surface area contributed by atoms with E-state index in [2.05, 4.69) is 0 Å². The van der Waals surface area contributed by atoms with E-state index in [1.165, 1.54) is 0 Å². The second-order valence-electron chi connectivity index (χ2n) is 6.88. The van der Waals surface area contributed by atoms with Gasteiger partial charge in [-0.2, -0.15) is 5.06 Å². The van der Waals surface area contributed by atoms with Crippen LogP contribution in [0.5, 0.6) is 0 Å². The number of aliphatic hydroxyl groups excluding tert-OH is 1. The zero-order valence-electron chi connectivity index (χ0n) is 16.1. The second kappa shape index (κ2) is 9.66. The Labute approximate surface area is 151 Å². The molecular formula is C15H31B2NO7. The molecule has 2 heterocycles. The summed E-state index contributed by atoms with van der Waals surface area (Å²) in [5, 5.41) is 12.0. The minimum absolute atomic E-state index is 0.00634. The van der Waals surface area contributed by atoms with E-state index in [-0.39, 0.29) is 42.8 Å². The molecule has 3 unspecified atom stereocenters. The molecule has 1 N–H and O–H groups in total. The number of methoxy groups -OCH3 is 3. The molecule has 2 rings (SSSR count). The van der Waals surface area contributed by atoms with Crippen LogP contribution in [0.3, 0.4) is 0 Å². The predicted octanol–water partition coefficient (Wildman–Crippen LogP) is -2.78. The van der Waals surface area contributed by atoms with Crippen molar-refractivity contribution in [3.63, 3.8) is 0 Å². The third kappa shape index (κ3) is 4.95. The van der Waals surface area contributed by atoms with Gasteiger partial charge in [-0.05, 0) is 0 Å². The lowest BCUT2D eigenvalue weighted by molar-refractivity contribution is -0.185. The summed E-state index contributed by atoms with van der Waals surface area (Å²) in [5.74, 6) is 0.130. The molecule has 2 aliphatic rings. The smallest absolute Gasteiger partial charge is 0.142 e. The van der Waals surface area contributed by atoms with Crippen molar-refractivity contribution in [1.29, 1.82) is 0 Å². The molecule has 0 amide bonds. The monoisotopic (exact) mass is 359 g/mol. The van der Waals surface area contributed by atoms with Gasteiger partial charge in [-0.3, -0.25) is 4.84 Å². The van der Waals surface area contributed by atoms with Gasteiger partial charge in [-0.15, -0.1) is 0 Å². The first-order chi connectivity index (χ1) is 11.9. The van der Waals surface area contributed by atoms with Gasteiger partial charge >= 0.3 is 0 Å². The van der Waals surface area contributed by atoms with Gasteiger partial charge in [0.15, 0.2) is 0 Å². The van der Waals surface area contributed by atoms with Crippen molar-refractivity contribution in [3.8, 4) is 0 Å². The number of hydrogen-bond donors (Lipinski definition) is 1. The largest absolute Gasteiger partial charge is 0.388 e. The van der Waals surface area contributed by atoms with Gasteiger partial charge < -0.3 is 28.8 Å². The summed E-state index contributed by atoms with van der Waals surface area (Å²) in [6.45, 7) is 1.40. The highest BCUT2D eigenvalue weighted by molar-refractivity contribution is 6.12. The molecule has 0 saturated carbocycles. The highest BCUT2D eigenvalue weighted by Crippen LogP contribution is 2.29. The fourth-order valence-electron chi connectivity index (χ4n) is 3.87. The van der Waals surface area contributed by atoms with Crippen LogP contribution in [0.25, 0.3) is 0 Å². The van der Waals surface area contributed by atoms with E-state index >= 15 is 0 Å². The van der Waals surface area contributed by atoms with Gasteiger partial charge in [0.05, 0.1) is 37.4 Å². The minimum atomic E-state index is -0.698. The number of rotatable bonds is 9. The third-order valence-corrected chi connectivity index (χ3v) is 5.12. The van der Waals surface area contributed by atoms with Crippen LogP contribution in [-0.2, 0) is 28.5 Å². The Kier molecular flexibility index (Phi) is 8.16. The van der Waals surface area contributed by atoms with E-state index in [0.717, 1.165) is 0 Å². The van der Waals surface area contributed by atoms with Gasteiger partial charge in [0.1, 0.15) is 34.0 Å². The van der Waals surface area contributed by atoms with Crippen LogP contribution in [0, 0.1) is 5.92 Å². The van der Waals surface area contributed by atoms with Crippen molar-refractivity contribution in [2.45, 2.75) is 42.5 Å². The maximum atomic E-state index is 10.2. The second-order valence-corrected chi connectivity index (χ2v) is 6.88. The van der Waals surface area contributed by atoms with Crippen LogP contribution in [0.2, 0.25) is 0 Å². The van der Waals surface area contributed by atoms with Gasteiger partial charge in [0, 0.05) is 40.8 Å². The predicted molar refractivity (Wildman–Crippen MR) is 96.0 cm³/mol. The molecule has 2 fully saturated rings. The van der Waals surface area contributed by atoms with Crippen LogP contribution >= 0.6 is 0 Å². The minimum Gasteiger partial charge on any atom is -0.388 e. The number of nitrogens with zero attached hydrogens (tertiary/aromatic N) is 1. The highest BCUT2D eigenvalue weighted by atomic mass is 16.7. The summed E-state index contributed by atoms with van der Waals surface area (Å²) in [4.78, 5) is 5.79. The molecule has 0 spiro atoms. The maximum Gasteiger partial charge on any atom is 0.142 e. The quantitative estimate of drug-likeness (QED) is 0.350. The molecule has 0 radical (unpaired) electrons. The Morgan fingerprint density at radius 3 is 2.12 bits per heavy atom. The standard InChI is InChI=1S/C15H31B2NO7/c1-18(23-7-10-11(19)13(22-4)15(17)25-10)5-8-9(6-20-2)24-14(16)12(8)21-3/h8-15,19H,5-7,16-17H2,1-4H3/t8?,9?,10?,11-,12-,13-,14-,15-/m1/s1. The molecule has 144 valence electrons. The fourth-order valence-corrected chi connectivity index (χ4v) is 3.87. The first kappa shape index (κ1) is 21.1. The molecule has 0 bridgehead atoms. The van der Waals surface area contributed by atoms with Crippen molar-refractivity contribution in [3.05, 3.63) is 0 Å². The van der Waals surface area contributed by atoms with E-state index < -0.39 is 12.2 Å². The van der Waals surface area contributed by atoms with Gasteiger partial charge in [-0.25, -0.2) is 0 Å². The molecule has 2 aliphatic heterocycles. The lowest BCUT2D eigenvalue weighted by Crippen LogP contribution is -2.41. The summed E-state index contributed by atoms with van der Waals surface area (Å²) in [7, 11) is 10.7. The van der Waals surface area contributed by atoms with Gasteiger partial charge in [0.2, 0.25) is 0 Å². The zero-order chi connectivity index (χ0) is 18.6. The van der Waals surface area contributed by atoms with Crippen molar-refractivity contribution in [2.24, 2.45) is 5.92 Å². The van der Waals surface area contributed by atoms with Crippen LogP contribution < -0.4 is 0 Å². The van der Waals surface area contributed by atoms with Crippen LogP contribution in [0.4, 0.5) is 0 Å². The van der Waals surface area contributed by atoms with Gasteiger partial charge in [-0.1, -0.05) is 0 Å². The Morgan fingerprint density at radius 2 is 1.56 bits per heavy atom. The van der Waals surface area contributed by atoms with E-state index in [4.69, 9.17) is 28.5 Å². The molecule has 8 atom stereocenters. The SMILES string of the molecule is B[C@@H]1OC(CON(C)CC2C(COC)O[C@@H](B)[C@@H]2OC)[C@@H](O)[C@H]1OC. The van der Waals surface area contributed by atoms with E-state index in [9.17, 15) is 5.11 Å². The lowest BCUT2D eigenvalue weighted by Gasteiger charge is -2.28. The number of ether oxygens (including phenoxy) is 5. The zero-order valence-corrected chi connectivity index (χ0v) is 16.1. The molecule has 10 heteroatoms. The molecular weight excluding hydrogens is 328 g/mol. The fraction of sp³-hybridized carbons (Fsp3) is 1.00. The Morgan fingerprint density at radius 1 is 0.960 bits per heavy atom. The van der Waals surface area contributed by atoms with Crippen molar-refractivity contribution >= 4 is 15.7 Å².